The van der Waals surface area contributed by atoms with Gasteiger partial charge in [-0.3, -0.25) is 9.59 Å². The second-order valence-electron chi connectivity index (χ2n) is 7.09. The van der Waals surface area contributed by atoms with Crippen LogP contribution in [0.3, 0.4) is 0 Å². The molecule has 27 heavy (non-hydrogen) atoms. The highest BCUT2D eigenvalue weighted by molar-refractivity contribution is 6.30. The van der Waals surface area contributed by atoms with Gasteiger partial charge in [0.25, 0.3) is 0 Å². The number of phenolic OH excluding ortho intramolecular Hbond substituents is 2. The third-order valence-electron chi connectivity index (χ3n) is 5.66. The summed E-state index contributed by atoms with van der Waals surface area (Å²) < 4.78 is 0. The van der Waals surface area contributed by atoms with Crippen molar-refractivity contribution in [1.29, 1.82) is 0 Å². The summed E-state index contributed by atoms with van der Waals surface area (Å²) in [6, 6.07) is 5.31. The second-order valence-corrected chi connectivity index (χ2v) is 7.09. The lowest BCUT2D eigenvalue weighted by Gasteiger charge is -2.41. The van der Waals surface area contributed by atoms with Crippen molar-refractivity contribution < 1.29 is 35.1 Å². The van der Waals surface area contributed by atoms with Crippen molar-refractivity contribution in [2.75, 3.05) is 0 Å². The number of phenols is 2. The van der Waals surface area contributed by atoms with Gasteiger partial charge < -0.3 is 25.5 Å². The molecule has 0 bridgehead atoms. The van der Waals surface area contributed by atoms with E-state index in [1.165, 1.54) is 24.3 Å². The lowest BCUT2D eigenvalue weighted by atomic mass is 9.71. The maximum Gasteiger partial charge on any atom is 0.198 e. The molecule has 0 aromatic heterocycles. The van der Waals surface area contributed by atoms with E-state index >= 15 is 0 Å². The number of aliphatic hydroxyl groups is 3. The Morgan fingerprint density at radius 3 is 2.41 bits per heavy atom. The van der Waals surface area contributed by atoms with Crippen LogP contribution < -0.4 is 0 Å². The standard InChI is InChI=1S/C20H18O7/c1-2-20(27)7-12(22)9-6-10-14(18(25)15(9)19(20)26)16(23)8-4-3-5-11(21)13(8)17(10)24/h3-6,12,19,21-22,25-27H,2,7H2,1H3. The van der Waals surface area contributed by atoms with E-state index in [-0.39, 0.29) is 52.0 Å². The Hall–Kier alpha value is -2.74. The van der Waals surface area contributed by atoms with Gasteiger partial charge >= 0.3 is 0 Å². The van der Waals surface area contributed by atoms with Crippen molar-refractivity contribution in [2.45, 2.75) is 37.6 Å². The average molecular weight is 370 g/mol. The summed E-state index contributed by atoms with van der Waals surface area (Å²) in [5, 5.41) is 52.4. The number of rotatable bonds is 1. The minimum absolute atomic E-state index is 0.0562. The van der Waals surface area contributed by atoms with Crippen LogP contribution in [0, 0.1) is 0 Å². The SMILES string of the molecule is CCC1(O)CC(O)c2cc3c(c(O)c2C1O)C(=O)c1cccc(O)c1C3=O. The molecule has 0 saturated heterocycles. The Morgan fingerprint density at radius 2 is 1.74 bits per heavy atom. The quantitative estimate of drug-likeness (QED) is 0.438. The molecule has 2 aromatic carbocycles. The summed E-state index contributed by atoms with van der Waals surface area (Å²) in [5.41, 5.74) is -2.42. The molecular weight excluding hydrogens is 352 g/mol. The molecule has 0 heterocycles. The van der Waals surface area contributed by atoms with E-state index in [1.807, 2.05) is 0 Å². The first-order valence-corrected chi connectivity index (χ1v) is 8.61. The molecule has 0 radical (unpaired) electrons. The number of carbonyl (C=O) groups excluding carboxylic acids is 2. The monoisotopic (exact) mass is 370 g/mol. The second kappa shape index (κ2) is 5.63. The highest BCUT2D eigenvalue weighted by atomic mass is 16.3. The number of carbonyl (C=O) groups is 2. The van der Waals surface area contributed by atoms with Gasteiger partial charge in [0.2, 0.25) is 0 Å². The molecule has 4 rings (SSSR count). The highest BCUT2D eigenvalue weighted by Gasteiger charge is 2.47. The highest BCUT2D eigenvalue weighted by Crippen LogP contribution is 2.50. The number of ketones is 2. The van der Waals surface area contributed by atoms with Gasteiger partial charge in [-0.1, -0.05) is 19.1 Å². The molecule has 2 aliphatic carbocycles. The molecule has 140 valence electrons. The number of aliphatic hydroxyl groups excluding tert-OH is 2. The molecule has 0 amide bonds. The van der Waals surface area contributed by atoms with Gasteiger partial charge in [-0.2, -0.15) is 0 Å². The van der Waals surface area contributed by atoms with E-state index in [0.29, 0.717) is 0 Å². The van der Waals surface area contributed by atoms with Crippen LogP contribution in [0.25, 0.3) is 0 Å². The zero-order valence-electron chi connectivity index (χ0n) is 14.4. The van der Waals surface area contributed by atoms with Gasteiger partial charge in [0.1, 0.15) is 17.6 Å². The Balaban J connectivity index is 2.02. The van der Waals surface area contributed by atoms with E-state index in [0.717, 1.165) is 0 Å². The molecule has 7 nitrogen and oxygen atoms in total. The molecule has 3 unspecified atom stereocenters. The maximum absolute atomic E-state index is 12.9. The predicted octanol–water partition coefficient (Wildman–Crippen LogP) is 1.48. The molecule has 0 saturated carbocycles. The lowest BCUT2D eigenvalue weighted by Crippen LogP contribution is -2.42. The number of benzene rings is 2. The van der Waals surface area contributed by atoms with Crippen molar-refractivity contribution in [3.63, 3.8) is 0 Å². The van der Waals surface area contributed by atoms with E-state index in [2.05, 4.69) is 0 Å². The Bertz CT molecular complexity index is 1010. The van der Waals surface area contributed by atoms with E-state index < -0.39 is 35.1 Å². The first-order chi connectivity index (χ1) is 12.7. The number of aromatic hydroxyl groups is 2. The average Bonchev–Trinajstić information content (AvgIpc) is 2.63. The zero-order chi connectivity index (χ0) is 19.7. The first kappa shape index (κ1) is 17.7. The summed E-state index contributed by atoms with van der Waals surface area (Å²) in [7, 11) is 0. The van der Waals surface area contributed by atoms with Gasteiger partial charge in [0.05, 0.1) is 22.8 Å². The molecule has 0 fully saturated rings. The largest absolute Gasteiger partial charge is 0.507 e. The van der Waals surface area contributed by atoms with Gasteiger partial charge in [-0.05, 0) is 24.1 Å². The Kier molecular flexibility index (Phi) is 3.68. The zero-order valence-corrected chi connectivity index (χ0v) is 14.4. The predicted molar refractivity (Wildman–Crippen MR) is 92.9 cm³/mol. The smallest absolute Gasteiger partial charge is 0.198 e. The number of hydrogen-bond acceptors (Lipinski definition) is 7. The van der Waals surface area contributed by atoms with Crippen LogP contribution in [0.4, 0.5) is 0 Å². The van der Waals surface area contributed by atoms with E-state index in [4.69, 9.17) is 0 Å². The van der Waals surface area contributed by atoms with Crippen molar-refractivity contribution in [2.24, 2.45) is 0 Å². The van der Waals surface area contributed by atoms with Crippen LogP contribution in [-0.4, -0.2) is 42.7 Å². The first-order valence-electron chi connectivity index (χ1n) is 8.61. The van der Waals surface area contributed by atoms with Gasteiger partial charge in [0.15, 0.2) is 11.6 Å². The van der Waals surface area contributed by atoms with E-state index in [9.17, 15) is 35.1 Å². The Labute approximate surface area is 154 Å². The molecule has 2 aromatic rings. The minimum atomic E-state index is -1.67. The summed E-state index contributed by atoms with van der Waals surface area (Å²) in [5.74, 6) is -2.32. The van der Waals surface area contributed by atoms with Crippen LogP contribution in [-0.2, 0) is 0 Å². The van der Waals surface area contributed by atoms with Gasteiger partial charge in [-0.15, -0.1) is 0 Å². The van der Waals surface area contributed by atoms with Crippen molar-refractivity contribution in [1.82, 2.24) is 0 Å². The molecule has 3 atom stereocenters. The maximum atomic E-state index is 12.9. The van der Waals surface area contributed by atoms with Crippen LogP contribution >= 0.6 is 0 Å². The van der Waals surface area contributed by atoms with Crippen molar-refractivity contribution >= 4 is 11.6 Å². The topological polar surface area (TPSA) is 135 Å². The fourth-order valence-corrected chi connectivity index (χ4v) is 4.08. The molecule has 0 spiro atoms. The molecular formula is C20H18O7. The fourth-order valence-electron chi connectivity index (χ4n) is 4.08. The minimum Gasteiger partial charge on any atom is -0.507 e. The summed E-state index contributed by atoms with van der Waals surface area (Å²) >= 11 is 0. The van der Waals surface area contributed by atoms with Crippen molar-refractivity contribution in [3.8, 4) is 11.5 Å². The fraction of sp³-hybridized carbons (Fsp3) is 0.300. The molecule has 2 aliphatic rings. The van der Waals surface area contributed by atoms with Crippen LogP contribution in [0.1, 0.15) is 74.9 Å². The third-order valence-corrected chi connectivity index (χ3v) is 5.66. The summed E-state index contributed by atoms with van der Waals surface area (Å²) in [6.45, 7) is 1.63. The molecule has 5 N–H and O–H groups in total. The van der Waals surface area contributed by atoms with Crippen molar-refractivity contribution in [3.05, 3.63) is 57.6 Å². The lowest BCUT2D eigenvalue weighted by molar-refractivity contribution is -0.117. The third kappa shape index (κ3) is 2.19. The van der Waals surface area contributed by atoms with E-state index in [1.54, 1.807) is 6.92 Å². The summed E-state index contributed by atoms with van der Waals surface area (Å²) in [4.78, 5) is 25.8. The normalized spacial score (nSPS) is 26.4. The Morgan fingerprint density at radius 1 is 1.07 bits per heavy atom. The number of hydrogen-bond donors (Lipinski definition) is 5. The van der Waals surface area contributed by atoms with Crippen LogP contribution in [0.2, 0.25) is 0 Å². The van der Waals surface area contributed by atoms with Gasteiger partial charge in [0, 0.05) is 23.1 Å². The number of fused-ring (bicyclic) bond motifs is 3. The molecule has 7 heteroatoms. The van der Waals surface area contributed by atoms with Gasteiger partial charge in [-0.25, -0.2) is 0 Å². The summed E-state index contributed by atoms with van der Waals surface area (Å²) in [6.07, 6.45) is -2.83. The van der Waals surface area contributed by atoms with Crippen LogP contribution in [0.15, 0.2) is 24.3 Å². The van der Waals surface area contributed by atoms with Crippen LogP contribution in [0.5, 0.6) is 11.5 Å². The molecule has 0 aliphatic heterocycles.